The van der Waals surface area contributed by atoms with E-state index in [1.807, 2.05) is 22.6 Å². The van der Waals surface area contributed by atoms with Crippen molar-refractivity contribution in [3.8, 4) is 0 Å². The highest BCUT2D eigenvalue weighted by atomic mass is 127. The second kappa shape index (κ2) is 5.44. The van der Waals surface area contributed by atoms with E-state index in [0.29, 0.717) is 22.2 Å². The van der Waals surface area contributed by atoms with Crippen LogP contribution in [0.5, 0.6) is 0 Å². The molecule has 1 atom stereocenters. The molecule has 0 spiro atoms. The number of hydrogen-bond acceptors (Lipinski definition) is 2. The largest absolute Gasteiger partial charge is 0.481 e. The molecule has 0 aliphatic carbocycles. The average molecular weight is 377 g/mol. The van der Waals surface area contributed by atoms with Crippen LogP contribution < -0.4 is 0 Å². The smallest absolute Gasteiger partial charge is 0.306 e. The number of carbonyl (C=O) groups is 2. The predicted octanol–water partition coefficient (Wildman–Crippen LogP) is 2.22. The first kappa shape index (κ1) is 14.2. The van der Waals surface area contributed by atoms with Crippen molar-refractivity contribution in [1.82, 2.24) is 4.90 Å². The van der Waals surface area contributed by atoms with Crippen LogP contribution in [0.25, 0.3) is 0 Å². The Morgan fingerprint density at radius 3 is 2.63 bits per heavy atom. The zero-order valence-corrected chi connectivity index (χ0v) is 12.4. The monoisotopic (exact) mass is 377 g/mol. The van der Waals surface area contributed by atoms with Crippen LogP contribution in [0.3, 0.4) is 0 Å². The van der Waals surface area contributed by atoms with Gasteiger partial charge in [0.25, 0.3) is 5.91 Å². The van der Waals surface area contributed by atoms with Gasteiger partial charge in [0, 0.05) is 22.6 Å². The van der Waals surface area contributed by atoms with Gasteiger partial charge in [-0.2, -0.15) is 0 Å². The van der Waals surface area contributed by atoms with Crippen LogP contribution in [0, 0.1) is 21.2 Å². The molecule has 4 nitrogen and oxygen atoms in total. The van der Waals surface area contributed by atoms with Crippen molar-refractivity contribution < 1.29 is 19.1 Å². The third-order valence-corrected chi connectivity index (χ3v) is 4.35. The van der Waals surface area contributed by atoms with Gasteiger partial charge in [-0.05, 0) is 40.8 Å². The van der Waals surface area contributed by atoms with Crippen LogP contribution in [-0.4, -0.2) is 35.0 Å². The molecular formula is C13H13FINO3. The summed E-state index contributed by atoms with van der Waals surface area (Å²) < 4.78 is 13.5. The summed E-state index contributed by atoms with van der Waals surface area (Å²) in [6, 6.07) is 4.03. The molecule has 1 aromatic rings. The molecule has 0 saturated carbocycles. The molecule has 1 amide bonds. The maximum Gasteiger partial charge on any atom is 0.306 e. The Bertz CT molecular complexity index is 529. The Hall–Kier alpha value is -1.18. The second-order valence-electron chi connectivity index (χ2n) is 4.72. The number of aliphatic carboxylic acids is 1. The van der Waals surface area contributed by atoms with Gasteiger partial charge in [0.2, 0.25) is 0 Å². The molecule has 0 bridgehead atoms. The fraction of sp³-hybridized carbons (Fsp3) is 0.385. The fourth-order valence-corrected chi connectivity index (χ4v) is 2.74. The highest BCUT2D eigenvalue weighted by Gasteiger charge is 2.37. The van der Waals surface area contributed by atoms with Gasteiger partial charge >= 0.3 is 5.97 Å². The molecule has 1 fully saturated rings. The van der Waals surface area contributed by atoms with Gasteiger partial charge < -0.3 is 10.0 Å². The summed E-state index contributed by atoms with van der Waals surface area (Å²) in [6.45, 7) is 2.54. The van der Waals surface area contributed by atoms with Crippen LogP contribution in [0.1, 0.15) is 17.3 Å². The number of benzene rings is 1. The molecule has 1 aromatic carbocycles. The van der Waals surface area contributed by atoms with Crippen LogP contribution in [0.2, 0.25) is 0 Å². The quantitative estimate of drug-likeness (QED) is 0.823. The molecular weight excluding hydrogens is 364 g/mol. The van der Waals surface area contributed by atoms with Crippen LogP contribution >= 0.6 is 22.6 Å². The zero-order valence-electron chi connectivity index (χ0n) is 10.3. The van der Waals surface area contributed by atoms with Crippen LogP contribution in [0.4, 0.5) is 4.39 Å². The second-order valence-corrected chi connectivity index (χ2v) is 5.88. The number of carboxylic acid groups (broad SMARTS) is 1. The Balaban J connectivity index is 2.02. The number of nitrogens with zero attached hydrogens (tertiary/aromatic N) is 1. The molecule has 1 aliphatic rings. The van der Waals surface area contributed by atoms with Crippen molar-refractivity contribution >= 4 is 34.5 Å². The summed E-state index contributed by atoms with van der Waals surface area (Å²) in [7, 11) is 0. The summed E-state index contributed by atoms with van der Waals surface area (Å²) in [5.74, 6) is -1.83. The number of likely N-dealkylation sites (tertiary alicyclic amines) is 1. The molecule has 1 aliphatic heterocycles. The molecule has 1 N–H and O–H groups in total. The molecule has 2 rings (SSSR count). The normalized spacial score (nSPS) is 16.9. The van der Waals surface area contributed by atoms with Gasteiger partial charge in [-0.25, -0.2) is 4.39 Å². The lowest BCUT2D eigenvalue weighted by atomic mass is 9.86. The zero-order chi connectivity index (χ0) is 14.2. The number of halogens is 2. The third-order valence-electron chi connectivity index (χ3n) is 3.46. The van der Waals surface area contributed by atoms with Crippen molar-refractivity contribution in [1.29, 1.82) is 0 Å². The number of hydrogen-bond donors (Lipinski definition) is 1. The van der Waals surface area contributed by atoms with Crippen LogP contribution in [0.15, 0.2) is 18.2 Å². The molecule has 19 heavy (non-hydrogen) atoms. The van der Waals surface area contributed by atoms with E-state index in [0.717, 1.165) is 0 Å². The standard InChI is InChI=1S/C13H13FINO3/c1-7(13(18)19)8-5-16(6-8)12(17)10-3-2-9(14)4-11(10)15/h2-4,7-8H,5-6H2,1H3,(H,18,19). The van der Waals surface area contributed by atoms with Gasteiger partial charge in [-0.15, -0.1) is 0 Å². The number of rotatable bonds is 3. The maximum absolute atomic E-state index is 13.0. The van der Waals surface area contributed by atoms with Crippen molar-refractivity contribution in [3.63, 3.8) is 0 Å². The van der Waals surface area contributed by atoms with E-state index in [1.165, 1.54) is 18.2 Å². The summed E-state index contributed by atoms with van der Waals surface area (Å²) in [4.78, 5) is 24.6. The van der Waals surface area contributed by atoms with Crippen LogP contribution in [-0.2, 0) is 4.79 Å². The topological polar surface area (TPSA) is 57.6 Å². The van der Waals surface area contributed by atoms with Crippen molar-refractivity contribution in [2.24, 2.45) is 11.8 Å². The van der Waals surface area contributed by atoms with Gasteiger partial charge in [0.1, 0.15) is 5.82 Å². The van der Waals surface area contributed by atoms with E-state index in [-0.39, 0.29) is 17.6 Å². The minimum atomic E-state index is -0.839. The summed E-state index contributed by atoms with van der Waals surface area (Å²) >= 11 is 1.92. The average Bonchev–Trinajstić information content (AvgIpc) is 2.26. The SMILES string of the molecule is CC(C(=O)O)C1CN(C(=O)c2ccc(F)cc2I)C1. The molecule has 0 radical (unpaired) electrons. The van der Waals surface area contributed by atoms with E-state index in [1.54, 1.807) is 11.8 Å². The highest BCUT2D eigenvalue weighted by molar-refractivity contribution is 14.1. The number of carbonyl (C=O) groups excluding carboxylic acids is 1. The van der Waals surface area contributed by atoms with E-state index in [4.69, 9.17) is 5.11 Å². The lowest BCUT2D eigenvalue weighted by Crippen LogP contribution is -2.53. The summed E-state index contributed by atoms with van der Waals surface area (Å²) in [5.41, 5.74) is 0.462. The Morgan fingerprint density at radius 2 is 2.11 bits per heavy atom. The first-order chi connectivity index (χ1) is 8.90. The fourth-order valence-electron chi connectivity index (χ4n) is 2.03. The molecule has 0 aromatic heterocycles. The first-order valence-electron chi connectivity index (χ1n) is 5.87. The van der Waals surface area contributed by atoms with Gasteiger partial charge in [0.05, 0.1) is 11.5 Å². The predicted molar refractivity (Wildman–Crippen MR) is 75.3 cm³/mol. The number of carboxylic acids is 1. The minimum Gasteiger partial charge on any atom is -0.481 e. The van der Waals surface area contributed by atoms with Gasteiger partial charge in [-0.1, -0.05) is 6.92 Å². The van der Waals surface area contributed by atoms with E-state index in [9.17, 15) is 14.0 Å². The highest BCUT2D eigenvalue weighted by Crippen LogP contribution is 2.27. The van der Waals surface area contributed by atoms with E-state index < -0.39 is 11.9 Å². The van der Waals surface area contributed by atoms with E-state index >= 15 is 0 Å². The first-order valence-corrected chi connectivity index (χ1v) is 6.95. The number of amides is 1. The minimum absolute atomic E-state index is 0.000408. The van der Waals surface area contributed by atoms with Gasteiger partial charge in [-0.3, -0.25) is 9.59 Å². The van der Waals surface area contributed by atoms with E-state index in [2.05, 4.69) is 0 Å². The third kappa shape index (κ3) is 2.88. The summed E-state index contributed by atoms with van der Waals surface area (Å²) in [5, 5.41) is 8.89. The molecule has 6 heteroatoms. The lowest BCUT2D eigenvalue weighted by Gasteiger charge is -2.41. The molecule has 1 heterocycles. The lowest BCUT2D eigenvalue weighted by molar-refractivity contribution is -0.144. The molecule has 102 valence electrons. The Morgan fingerprint density at radius 1 is 1.47 bits per heavy atom. The van der Waals surface area contributed by atoms with Crippen molar-refractivity contribution in [2.75, 3.05) is 13.1 Å². The maximum atomic E-state index is 13.0. The Labute approximate surface area is 123 Å². The molecule has 1 saturated heterocycles. The van der Waals surface area contributed by atoms with Crippen molar-refractivity contribution in [3.05, 3.63) is 33.1 Å². The van der Waals surface area contributed by atoms with Crippen molar-refractivity contribution in [2.45, 2.75) is 6.92 Å². The van der Waals surface area contributed by atoms with Gasteiger partial charge in [0.15, 0.2) is 0 Å². The summed E-state index contributed by atoms with van der Waals surface area (Å²) in [6.07, 6.45) is 0. The molecule has 1 unspecified atom stereocenters. The Kier molecular flexibility index (Phi) is 4.07.